The largest absolute Gasteiger partial charge is 1.00 e. The van der Waals surface area contributed by atoms with Crippen molar-refractivity contribution in [3.8, 4) is 0 Å². The maximum atomic E-state index is 4.22. The first kappa shape index (κ1) is 17.8. The Morgan fingerprint density at radius 1 is 0.913 bits per heavy atom. The third-order valence-corrected chi connectivity index (χ3v) is 5.09. The Morgan fingerprint density at radius 2 is 1.52 bits per heavy atom. The third kappa shape index (κ3) is 4.25. The van der Waals surface area contributed by atoms with Gasteiger partial charge in [-0.15, -0.1) is 0 Å². The van der Waals surface area contributed by atoms with Crippen molar-refractivity contribution in [3.05, 3.63) is 84.6 Å². The molecule has 1 fully saturated rings. The van der Waals surface area contributed by atoms with E-state index in [1.807, 2.05) is 0 Å². The van der Waals surface area contributed by atoms with Gasteiger partial charge < -0.3 is 12.4 Å². The second kappa shape index (κ2) is 8.33. The molecule has 0 aliphatic carbocycles. The summed E-state index contributed by atoms with van der Waals surface area (Å²) in [7, 11) is 0. The molecule has 1 saturated heterocycles. The highest BCUT2D eigenvalue weighted by molar-refractivity contribution is 5.16. The zero-order chi connectivity index (χ0) is 15.3. The molecule has 2 atom stereocenters. The molecular weight excluding hydrogens is 302 g/mol. The fraction of sp³-hybridized carbons (Fsp3) is 0.333. The molecule has 0 amide bonds. The van der Waals surface area contributed by atoms with Crippen molar-refractivity contribution in [2.45, 2.75) is 38.3 Å². The summed E-state index contributed by atoms with van der Waals surface area (Å²) in [6, 6.07) is 22.4. The minimum absolute atomic E-state index is 0. The molecule has 1 aliphatic rings. The molecule has 3 rings (SSSR count). The van der Waals surface area contributed by atoms with Crippen LogP contribution in [0.2, 0.25) is 0 Å². The van der Waals surface area contributed by atoms with Crippen molar-refractivity contribution in [3.63, 3.8) is 0 Å². The van der Waals surface area contributed by atoms with Crippen LogP contribution in [0.5, 0.6) is 0 Å². The molecule has 2 unspecified atom stereocenters. The van der Waals surface area contributed by atoms with E-state index in [2.05, 4.69) is 73.4 Å². The highest BCUT2D eigenvalue weighted by atomic mass is 35.5. The fourth-order valence-corrected chi connectivity index (χ4v) is 3.83. The molecule has 122 valence electrons. The molecule has 23 heavy (non-hydrogen) atoms. The summed E-state index contributed by atoms with van der Waals surface area (Å²) in [4.78, 5) is 0. The summed E-state index contributed by atoms with van der Waals surface area (Å²) >= 11 is 0. The van der Waals surface area contributed by atoms with Gasteiger partial charge in [0.05, 0.1) is 18.8 Å². The molecule has 0 radical (unpaired) electrons. The van der Waals surface area contributed by atoms with Gasteiger partial charge in [0.15, 0.2) is 0 Å². The van der Waals surface area contributed by atoms with Crippen LogP contribution in [0.1, 0.15) is 30.4 Å². The van der Waals surface area contributed by atoms with Crippen LogP contribution in [0.25, 0.3) is 0 Å². The molecule has 1 nitrogen and oxygen atoms in total. The van der Waals surface area contributed by atoms with E-state index in [1.165, 1.54) is 36.9 Å². The van der Waals surface area contributed by atoms with E-state index in [4.69, 9.17) is 0 Å². The maximum absolute atomic E-state index is 4.22. The van der Waals surface area contributed by atoms with Crippen LogP contribution in [0.15, 0.2) is 73.4 Å². The third-order valence-electron chi connectivity index (χ3n) is 5.09. The van der Waals surface area contributed by atoms with Gasteiger partial charge in [-0.3, -0.25) is 4.48 Å². The Labute approximate surface area is 146 Å². The fourth-order valence-electron chi connectivity index (χ4n) is 3.83. The van der Waals surface area contributed by atoms with Gasteiger partial charge in [-0.05, 0) is 25.0 Å². The number of halogens is 1. The monoisotopic (exact) mass is 327 g/mol. The van der Waals surface area contributed by atoms with Crippen LogP contribution >= 0.6 is 0 Å². The van der Waals surface area contributed by atoms with Crippen molar-refractivity contribution >= 4 is 0 Å². The van der Waals surface area contributed by atoms with Gasteiger partial charge in [-0.25, -0.2) is 0 Å². The van der Waals surface area contributed by atoms with Gasteiger partial charge >= 0.3 is 0 Å². The zero-order valence-electron chi connectivity index (χ0n) is 13.7. The summed E-state index contributed by atoms with van der Waals surface area (Å²) in [6.45, 7) is 6.51. The van der Waals surface area contributed by atoms with E-state index >= 15 is 0 Å². The summed E-state index contributed by atoms with van der Waals surface area (Å²) < 4.78 is 1.03. The molecule has 0 N–H and O–H groups in total. The zero-order valence-corrected chi connectivity index (χ0v) is 14.5. The second-order valence-electron chi connectivity index (χ2n) is 6.49. The standard InChI is InChI=1S/C21H26N.ClH/c1-2-22(18-20-13-7-4-8-14-20)16-10-9-15-21(22)17-19-11-5-3-6-12-19;/h2-8,11-14,21H,1,9-10,15-18H2;1H/q+1;/p-1. The first-order chi connectivity index (χ1) is 10.8. The highest BCUT2D eigenvalue weighted by Gasteiger charge is 2.37. The molecule has 0 saturated carbocycles. The lowest BCUT2D eigenvalue weighted by Gasteiger charge is -2.45. The van der Waals surface area contributed by atoms with Crippen molar-refractivity contribution in [2.75, 3.05) is 6.54 Å². The molecule has 1 aliphatic heterocycles. The van der Waals surface area contributed by atoms with Crippen molar-refractivity contribution < 1.29 is 16.9 Å². The number of benzene rings is 2. The lowest BCUT2D eigenvalue weighted by atomic mass is 9.92. The molecule has 0 aromatic heterocycles. The molecule has 2 aromatic rings. The van der Waals surface area contributed by atoms with Crippen molar-refractivity contribution in [1.29, 1.82) is 0 Å². The smallest absolute Gasteiger partial charge is 0.109 e. The van der Waals surface area contributed by atoms with Crippen LogP contribution in [-0.4, -0.2) is 17.1 Å². The summed E-state index contributed by atoms with van der Waals surface area (Å²) in [5.74, 6) is 0. The van der Waals surface area contributed by atoms with E-state index in [1.54, 1.807) is 0 Å². The molecule has 2 aromatic carbocycles. The normalized spacial score (nSPS) is 23.7. The number of nitrogens with zero attached hydrogens (tertiary/aromatic N) is 1. The predicted molar refractivity (Wildman–Crippen MR) is 93.3 cm³/mol. The van der Waals surface area contributed by atoms with Crippen molar-refractivity contribution in [2.24, 2.45) is 0 Å². The predicted octanol–water partition coefficient (Wildman–Crippen LogP) is 1.95. The van der Waals surface area contributed by atoms with Gasteiger partial charge in [0, 0.05) is 18.4 Å². The SMILES string of the molecule is C=C[N+]1(Cc2ccccc2)CCCCC1Cc1ccccc1.[Cl-]. The van der Waals surface area contributed by atoms with E-state index in [-0.39, 0.29) is 12.4 Å². The van der Waals surface area contributed by atoms with Crippen LogP contribution in [0, 0.1) is 0 Å². The highest BCUT2D eigenvalue weighted by Crippen LogP contribution is 2.31. The lowest BCUT2D eigenvalue weighted by Crippen LogP contribution is -3.00. The van der Waals surface area contributed by atoms with Gasteiger partial charge in [0.25, 0.3) is 0 Å². The molecule has 1 heterocycles. The number of rotatable bonds is 5. The number of piperidine rings is 1. The van der Waals surface area contributed by atoms with Crippen LogP contribution < -0.4 is 12.4 Å². The summed E-state index contributed by atoms with van der Waals surface area (Å²) in [5.41, 5.74) is 2.87. The Hall–Kier alpha value is -1.57. The Balaban J connectivity index is 0.00000192. The quantitative estimate of drug-likeness (QED) is 0.736. The lowest BCUT2D eigenvalue weighted by molar-refractivity contribution is -0.922. The van der Waals surface area contributed by atoms with E-state index in [9.17, 15) is 0 Å². The second-order valence-corrected chi connectivity index (χ2v) is 6.49. The van der Waals surface area contributed by atoms with Crippen LogP contribution in [-0.2, 0) is 13.0 Å². The topological polar surface area (TPSA) is 0 Å². The minimum Gasteiger partial charge on any atom is -1.00 e. The number of likely N-dealkylation sites (tertiary alicyclic amines) is 1. The van der Waals surface area contributed by atoms with E-state index in [0.717, 1.165) is 17.4 Å². The Bertz CT molecular complexity index is 596. The molecule has 0 spiro atoms. The van der Waals surface area contributed by atoms with E-state index in [0.29, 0.717) is 6.04 Å². The molecular formula is C21H26ClN. The van der Waals surface area contributed by atoms with E-state index < -0.39 is 0 Å². The molecule has 0 bridgehead atoms. The van der Waals surface area contributed by atoms with Gasteiger partial charge in [0.2, 0.25) is 0 Å². The van der Waals surface area contributed by atoms with Gasteiger partial charge in [0.1, 0.15) is 6.54 Å². The number of hydrogen-bond acceptors (Lipinski definition) is 0. The molecule has 2 heteroatoms. The first-order valence-electron chi connectivity index (χ1n) is 8.40. The average Bonchev–Trinajstić information content (AvgIpc) is 2.58. The first-order valence-corrected chi connectivity index (χ1v) is 8.40. The van der Waals surface area contributed by atoms with Crippen LogP contribution in [0.3, 0.4) is 0 Å². The van der Waals surface area contributed by atoms with Crippen molar-refractivity contribution in [1.82, 2.24) is 0 Å². The van der Waals surface area contributed by atoms with Crippen LogP contribution in [0.4, 0.5) is 0 Å². The Kier molecular flexibility index (Phi) is 6.44. The maximum Gasteiger partial charge on any atom is 0.109 e. The minimum atomic E-state index is 0. The number of hydrogen-bond donors (Lipinski definition) is 0. The summed E-state index contributed by atoms with van der Waals surface area (Å²) in [6.07, 6.45) is 7.32. The summed E-state index contributed by atoms with van der Waals surface area (Å²) in [5, 5.41) is 0. The number of quaternary nitrogens is 1. The Morgan fingerprint density at radius 3 is 2.13 bits per heavy atom. The average molecular weight is 328 g/mol. The van der Waals surface area contributed by atoms with Gasteiger partial charge in [-0.1, -0.05) is 60.7 Å². The van der Waals surface area contributed by atoms with Gasteiger partial charge in [-0.2, -0.15) is 0 Å².